The van der Waals surface area contributed by atoms with E-state index < -0.39 is 28.6 Å². The Hall–Kier alpha value is -3.11. The Labute approximate surface area is 181 Å². The van der Waals surface area contributed by atoms with Crippen LogP contribution >= 0.6 is 11.6 Å². The molecule has 0 fully saturated rings. The van der Waals surface area contributed by atoms with E-state index in [1.165, 1.54) is 31.1 Å². The summed E-state index contributed by atoms with van der Waals surface area (Å²) in [5.41, 5.74) is -0.344. The summed E-state index contributed by atoms with van der Waals surface area (Å²) in [5, 5.41) is 6.96. The summed E-state index contributed by atoms with van der Waals surface area (Å²) in [5.74, 6) is -1.34. The summed E-state index contributed by atoms with van der Waals surface area (Å²) in [7, 11) is 2.99. The van der Waals surface area contributed by atoms with Gasteiger partial charge in [0.15, 0.2) is 0 Å². The van der Waals surface area contributed by atoms with Crippen LogP contribution in [0.25, 0.3) is 0 Å². The van der Waals surface area contributed by atoms with E-state index in [1.54, 1.807) is 18.2 Å². The third kappa shape index (κ3) is 7.26. The van der Waals surface area contributed by atoms with Gasteiger partial charge in [0, 0.05) is 24.0 Å². The van der Waals surface area contributed by atoms with Crippen LogP contribution in [0.4, 0.5) is 24.5 Å². The average Bonchev–Trinajstić information content (AvgIpc) is 2.67. The number of hydrogen-bond acceptors (Lipinski definition) is 4. The van der Waals surface area contributed by atoms with Crippen LogP contribution in [-0.4, -0.2) is 49.8 Å². The molecule has 2 aromatic rings. The number of amides is 3. The van der Waals surface area contributed by atoms with Gasteiger partial charge in [0.05, 0.1) is 23.7 Å². The minimum Gasteiger partial charge on any atom is -0.355 e. The zero-order chi connectivity index (χ0) is 23.2. The molecule has 2 aromatic carbocycles. The van der Waals surface area contributed by atoms with E-state index in [4.69, 9.17) is 11.6 Å². The van der Waals surface area contributed by atoms with Crippen molar-refractivity contribution < 1.29 is 27.6 Å². The number of hydrogen-bond donors (Lipinski definition) is 3. The van der Waals surface area contributed by atoms with Gasteiger partial charge in [-0.25, -0.2) is 0 Å². The number of nitrogens with zero attached hydrogens (tertiary/aromatic N) is 1. The fourth-order valence-corrected chi connectivity index (χ4v) is 2.87. The molecule has 3 N–H and O–H groups in total. The zero-order valence-corrected chi connectivity index (χ0v) is 17.4. The molecular formula is C20H20ClF3N4O3. The second-order valence-electron chi connectivity index (χ2n) is 6.62. The molecule has 0 atom stereocenters. The first-order valence-corrected chi connectivity index (χ1v) is 9.34. The van der Waals surface area contributed by atoms with Crippen molar-refractivity contribution in [2.75, 3.05) is 37.8 Å². The van der Waals surface area contributed by atoms with Gasteiger partial charge in [-0.1, -0.05) is 17.7 Å². The van der Waals surface area contributed by atoms with Gasteiger partial charge in [-0.3, -0.25) is 19.3 Å². The molecule has 11 heteroatoms. The average molecular weight is 457 g/mol. The number of benzene rings is 2. The number of alkyl halides is 3. The van der Waals surface area contributed by atoms with Crippen molar-refractivity contribution in [1.29, 1.82) is 0 Å². The second-order valence-corrected chi connectivity index (χ2v) is 7.03. The van der Waals surface area contributed by atoms with Crippen molar-refractivity contribution in [3.05, 3.63) is 58.6 Å². The molecular weight excluding hydrogens is 437 g/mol. The molecule has 2 rings (SSSR count). The molecule has 166 valence electrons. The lowest BCUT2D eigenvalue weighted by Gasteiger charge is -2.17. The summed E-state index contributed by atoms with van der Waals surface area (Å²) >= 11 is 5.55. The molecule has 0 radical (unpaired) electrons. The van der Waals surface area contributed by atoms with Crippen molar-refractivity contribution >= 4 is 40.7 Å². The van der Waals surface area contributed by atoms with Crippen LogP contribution in [0.2, 0.25) is 5.02 Å². The first kappa shape index (κ1) is 24.2. The van der Waals surface area contributed by atoms with E-state index in [2.05, 4.69) is 16.0 Å². The Morgan fingerprint density at radius 2 is 1.55 bits per heavy atom. The van der Waals surface area contributed by atoms with Crippen LogP contribution < -0.4 is 16.0 Å². The highest BCUT2D eigenvalue weighted by Gasteiger charge is 2.33. The number of carbonyl (C=O) groups is 3. The van der Waals surface area contributed by atoms with Gasteiger partial charge >= 0.3 is 6.18 Å². The number of likely N-dealkylation sites (N-methyl/N-ethyl adjacent to an activating group) is 1. The Kier molecular flexibility index (Phi) is 8.01. The molecule has 0 saturated carbocycles. The van der Waals surface area contributed by atoms with E-state index in [-0.39, 0.29) is 24.7 Å². The molecule has 0 unspecified atom stereocenters. The van der Waals surface area contributed by atoms with Crippen molar-refractivity contribution in [3.8, 4) is 0 Å². The maximum atomic E-state index is 12.9. The van der Waals surface area contributed by atoms with Crippen molar-refractivity contribution in [2.24, 2.45) is 0 Å². The van der Waals surface area contributed by atoms with Gasteiger partial charge in [0.25, 0.3) is 5.91 Å². The SMILES string of the molecule is CNC(=O)c1cccc(NC(=O)CN(C)CC(=O)Nc2ccc(Cl)c(C(F)(F)F)c2)c1. The van der Waals surface area contributed by atoms with E-state index in [0.29, 0.717) is 11.3 Å². The summed E-state index contributed by atoms with van der Waals surface area (Å²) < 4.78 is 38.7. The lowest BCUT2D eigenvalue weighted by molar-refractivity contribution is -0.137. The summed E-state index contributed by atoms with van der Waals surface area (Å²) in [6.07, 6.45) is -4.65. The molecule has 3 amide bonds. The Morgan fingerprint density at radius 3 is 2.10 bits per heavy atom. The standard InChI is InChI=1S/C20H20ClF3N4O3/c1-25-19(31)12-4-3-5-13(8-12)26-17(29)10-28(2)11-18(30)27-14-6-7-16(21)15(9-14)20(22,23)24/h3-9H,10-11H2,1-2H3,(H,25,31)(H,26,29)(H,27,30). The summed E-state index contributed by atoms with van der Waals surface area (Å²) in [4.78, 5) is 37.3. The molecule has 0 aliphatic carbocycles. The van der Waals surface area contributed by atoms with Crippen LogP contribution in [0.5, 0.6) is 0 Å². The van der Waals surface area contributed by atoms with E-state index in [9.17, 15) is 27.6 Å². The fraction of sp³-hybridized carbons (Fsp3) is 0.250. The van der Waals surface area contributed by atoms with Gasteiger partial charge < -0.3 is 16.0 Å². The Morgan fingerprint density at radius 1 is 0.968 bits per heavy atom. The lowest BCUT2D eigenvalue weighted by Crippen LogP contribution is -2.36. The third-order valence-corrected chi connectivity index (χ3v) is 4.35. The predicted molar refractivity (Wildman–Crippen MR) is 111 cm³/mol. The number of nitrogens with one attached hydrogen (secondary N) is 3. The van der Waals surface area contributed by atoms with Crippen molar-refractivity contribution in [2.45, 2.75) is 6.18 Å². The first-order valence-electron chi connectivity index (χ1n) is 8.96. The van der Waals surface area contributed by atoms with Gasteiger partial charge in [-0.15, -0.1) is 0 Å². The van der Waals surface area contributed by atoms with Crippen molar-refractivity contribution in [1.82, 2.24) is 10.2 Å². The van der Waals surface area contributed by atoms with Crippen LogP contribution in [0.15, 0.2) is 42.5 Å². The minimum absolute atomic E-state index is 0.0643. The molecule has 31 heavy (non-hydrogen) atoms. The topological polar surface area (TPSA) is 90.5 Å². The maximum Gasteiger partial charge on any atom is 0.417 e. The van der Waals surface area contributed by atoms with Crippen molar-refractivity contribution in [3.63, 3.8) is 0 Å². The van der Waals surface area contributed by atoms with Crippen LogP contribution in [-0.2, 0) is 15.8 Å². The van der Waals surface area contributed by atoms with Gasteiger partial charge in [-0.2, -0.15) is 13.2 Å². The molecule has 0 saturated heterocycles. The predicted octanol–water partition coefficient (Wildman–Crippen LogP) is 3.23. The number of carbonyl (C=O) groups excluding carboxylic acids is 3. The Bertz CT molecular complexity index is 982. The van der Waals surface area contributed by atoms with Crippen LogP contribution in [0, 0.1) is 0 Å². The highest BCUT2D eigenvalue weighted by atomic mass is 35.5. The van der Waals surface area contributed by atoms with Gasteiger partial charge in [0.1, 0.15) is 0 Å². The molecule has 0 aromatic heterocycles. The van der Waals surface area contributed by atoms with E-state index in [0.717, 1.165) is 12.1 Å². The molecule has 0 spiro atoms. The molecule has 0 bridgehead atoms. The maximum absolute atomic E-state index is 12.9. The summed E-state index contributed by atoms with van der Waals surface area (Å²) in [6, 6.07) is 9.35. The molecule has 0 aliphatic heterocycles. The lowest BCUT2D eigenvalue weighted by atomic mass is 10.2. The van der Waals surface area contributed by atoms with Gasteiger partial charge in [0.2, 0.25) is 11.8 Å². The van der Waals surface area contributed by atoms with E-state index in [1.807, 2.05) is 0 Å². The smallest absolute Gasteiger partial charge is 0.355 e. The quantitative estimate of drug-likeness (QED) is 0.596. The normalized spacial score (nSPS) is 11.2. The Balaban J connectivity index is 1.91. The third-order valence-electron chi connectivity index (χ3n) is 4.02. The zero-order valence-electron chi connectivity index (χ0n) is 16.6. The highest BCUT2D eigenvalue weighted by Crippen LogP contribution is 2.36. The number of anilines is 2. The second kappa shape index (κ2) is 10.3. The van der Waals surface area contributed by atoms with E-state index >= 15 is 0 Å². The monoisotopic (exact) mass is 456 g/mol. The summed E-state index contributed by atoms with van der Waals surface area (Å²) in [6.45, 7) is -0.401. The molecule has 7 nitrogen and oxygen atoms in total. The largest absolute Gasteiger partial charge is 0.417 e. The number of rotatable bonds is 7. The molecule has 0 heterocycles. The first-order chi connectivity index (χ1) is 14.5. The van der Waals surface area contributed by atoms with Crippen LogP contribution in [0.1, 0.15) is 15.9 Å². The highest BCUT2D eigenvalue weighted by molar-refractivity contribution is 6.31. The van der Waals surface area contributed by atoms with Crippen LogP contribution in [0.3, 0.4) is 0 Å². The molecule has 0 aliphatic rings. The number of halogens is 4. The minimum atomic E-state index is -4.65. The van der Waals surface area contributed by atoms with Gasteiger partial charge in [-0.05, 0) is 43.4 Å². The fourth-order valence-electron chi connectivity index (χ4n) is 2.65.